The van der Waals surface area contributed by atoms with E-state index in [9.17, 15) is 0 Å². The normalized spacial score (nSPS) is 10.8. The highest BCUT2D eigenvalue weighted by Crippen LogP contribution is 2.32. The van der Waals surface area contributed by atoms with Crippen LogP contribution in [-0.4, -0.2) is 4.98 Å². The highest BCUT2D eigenvalue weighted by atomic mass is 35.5. The summed E-state index contributed by atoms with van der Waals surface area (Å²) >= 11 is 7.71. The van der Waals surface area contributed by atoms with E-state index in [0.29, 0.717) is 5.02 Å². The van der Waals surface area contributed by atoms with Crippen molar-refractivity contribution in [2.45, 2.75) is 10.6 Å². The van der Waals surface area contributed by atoms with Gasteiger partial charge in [-0.15, -0.1) is 11.8 Å². The van der Waals surface area contributed by atoms with Crippen molar-refractivity contribution < 1.29 is 0 Å². The number of fused-ring (bicyclic) bond motifs is 1. The standard InChI is InChI=1S/C16H13ClN2S/c17-12-5-6-14(18)16(9-12)20-10-11-7-8-19-15-4-2-1-3-13(11)15/h1-9H,10,18H2. The maximum Gasteiger partial charge on any atom is 0.0705 e. The van der Waals surface area contributed by atoms with Gasteiger partial charge in [0, 0.05) is 32.9 Å². The van der Waals surface area contributed by atoms with Crippen LogP contribution in [0.2, 0.25) is 5.02 Å². The summed E-state index contributed by atoms with van der Waals surface area (Å²) in [5.74, 6) is 0.841. The summed E-state index contributed by atoms with van der Waals surface area (Å²) in [5.41, 5.74) is 9.00. The van der Waals surface area contributed by atoms with Crippen LogP contribution in [0.4, 0.5) is 5.69 Å². The predicted molar refractivity (Wildman–Crippen MR) is 87.2 cm³/mol. The zero-order chi connectivity index (χ0) is 13.9. The minimum absolute atomic E-state index is 0.710. The average Bonchev–Trinajstić information content (AvgIpc) is 2.48. The molecule has 0 aliphatic rings. The van der Waals surface area contributed by atoms with E-state index >= 15 is 0 Å². The van der Waals surface area contributed by atoms with Crippen LogP contribution in [0.1, 0.15) is 5.56 Å². The molecule has 1 heterocycles. The quantitative estimate of drug-likeness (QED) is 0.560. The van der Waals surface area contributed by atoms with E-state index in [-0.39, 0.29) is 0 Å². The number of thioether (sulfide) groups is 1. The lowest BCUT2D eigenvalue weighted by molar-refractivity contribution is 1.34. The highest BCUT2D eigenvalue weighted by Gasteiger charge is 2.05. The second kappa shape index (κ2) is 5.73. The van der Waals surface area contributed by atoms with Gasteiger partial charge in [0.05, 0.1) is 5.52 Å². The van der Waals surface area contributed by atoms with Crippen molar-refractivity contribution >= 4 is 40.0 Å². The Balaban J connectivity index is 1.89. The third-order valence-electron chi connectivity index (χ3n) is 3.10. The third-order valence-corrected chi connectivity index (χ3v) is 4.45. The van der Waals surface area contributed by atoms with Crippen molar-refractivity contribution in [3.8, 4) is 0 Å². The summed E-state index contributed by atoms with van der Waals surface area (Å²) in [6, 6.07) is 15.8. The second-order valence-corrected chi connectivity index (χ2v) is 5.91. The van der Waals surface area contributed by atoms with Crippen molar-refractivity contribution in [1.82, 2.24) is 4.98 Å². The van der Waals surface area contributed by atoms with Gasteiger partial charge in [-0.2, -0.15) is 0 Å². The minimum Gasteiger partial charge on any atom is -0.398 e. The Hall–Kier alpha value is -1.71. The number of para-hydroxylation sites is 1. The Morgan fingerprint density at radius 1 is 1.10 bits per heavy atom. The average molecular weight is 301 g/mol. The first-order valence-corrected chi connectivity index (χ1v) is 7.61. The van der Waals surface area contributed by atoms with Gasteiger partial charge < -0.3 is 5.73 Å². The zero-order valence-electron chi connectivity index (χ0n) is 10.7. The molecule has 2 nitrogen and oxygen atoms in total. The number of rotatable bonds is 3. The SMILES string of the molecule is Nc1ccc(Cl)cc1SCc1ccnc2ccccc12. The predicted octanol–water partition coefficient (Wildman–Crippen LogP) is 4.76. The van der Waals surface area contributed by atoms with Crippen LogP contribution in [0.3, 0.4) is 0 Å². The van der Waals surface area contributed by atoms with E-state index < -0.39 is 0 Å². The Kier molecular flexibility index (Phi) is 3.81. The Labute approximate surface area is 127 Å². The molecule has 0 saturated heterocycles. The molecule has 3 rings (SSSR count). The van der Waals surface area contributed by atoms with Crippen molar-refractivity contribution in [2.24, 2.45) is 0 Å². The fraction of sp³-hybridized carbons (Fsp3) is 0.0625. The number of benzene rings is 2. The number of aromatic nitrogens is 1. The second-order valence-electron chi connectivity index (χ2n) is 4.46. The molecule has 0 radical (unpaired) electrons. The molecular formula is C16H13ClN2S. The number of hydrogen-bond acceptors (Lipinski definition) is 3. The fourth-order valence-corrected chi connectivity index (χ4v) is 3.31. The maximum absolute atomic E-state index is 6.01. The minimum atomic E-state index is 0.710. The first-order chi connectivity index (χ1) is 9.74. The van der Waals surface area contributed by atoms with Gasteiger partial charge in [-0.3, -0.25) is 4.98 Å². The van der Waals surface area contributed by atoms with Gasteiger partial charge in [0.15, 0.2) is 0 Å². The smallest absolute Gasteiger partial charge is 0.0705 e. The summed E-state index contributed by atoms with van der Waals surface area (Å²) in [5, 5.41) is 1.89. The van der Waals surface area contributed by atoms with E-state index in [1.54, 1.807) is 11.8 Å². The zero-order valence-corrected chi connectivity index (χ0v) is 12.3. The molecular weight excluding hydrogens is 288 g/mol. The molecule has 0 bridgehead atoms. The van der Waals surface area contributed by atoms with Crippen LogP contribution in [0, 0.1) is 0 Å². The van der Waals surface area contributed by atoms with Crippen molar-refractivity contribution in [3.05, 3.63) is 65.3 Å². The molecule has 2 N–H and O–H groups in total. The van der Waals surface area contributed by atoms with E-state index in [1.807, 2.05) is 42.6 Å². The molecule has 0 spiro atoms. The number of nitrogen functional groups attached to an aromatic ring is 1. The van der Waals surface area contributed by atoms with Crippen LogP contribution in [0.25, 0.3) is 10.9 Å². The van der Waals surface area contributed by atoms with Crippen molar-refractivity contribution in [2.75, 3.05) is 5.73 Å². The summed E-state index contributed by atoms with van der Waals surface area (Å²) < 4.78 is 0. The molecule has 0 aliphatic heterocycles. The molecule has 0 atom stereocenters. The first kappa shape index (κ1) is 13.3. The molecule has 4 heteroatoms. The number of hydrogen-bond donors (Lipinski definition) is 1. The molecule has 0 amide bonds. The maximum atomic E-state index is 6.01. The molecule has 0 saturated carbocycles. The van der Waals surface area contributed by atoms with Gasteiger partial charge in [-0.25, -0.2) is 0 Å². The van der Waals surface area contributed by atoms with Crippen LogP contribution in [-0.2, 0) is 5.75 Å². The highest BCUT2D eigenvalue weighted by molar-refractivity contribution is 7.98. The van der Waals surface area contributed by atoms with Crippen LogP contribution >= 0.6 is 23.4 Å². The molecule has 0 unspecified atom stereocenters. The Morgan fingerprint density at radius 3 is 2.85 bits per heavy atom. The summed E-state index contributed by atoms with van der Waals surface area (Å²) in [7, 11) is 0. The lowest BCUT2D eigenvalue weighted by Gasteiger charge is -2.08. The number of anilines is 1. The number of nitrogens with zero attached hydrogens (tertiary/aromatic N) is 1. The molecule has 0 aliphatic carbocycles. The first-order valence-electron chi connectivity index (χ1n) is 6.24. The molecule has 0 fully saturated rings. The van der Waals surface area contributed by atoms with Crippen LogP contribution in [0.15, 0.2) is 59.6 Å². The largest absolute Gasteiger partial charge is 0.398 e. The molecule has 1 aromatic heterocycles. The van der Waals surface area contributed by atoms with E-state index in [0.717, 1.165) is 21.9 Å². The lowest BCUT2D eigenvalue weighted by atomic mass is 10.1. The van der Waals surface area contributed by atoms with Crippen LogP contribution in [0.5, 0.6) is 0 Å². The molecule has 100 valence electrons. The monoisotopic (exact) mass is 300 g/mol. The van der Waals surface area contributed by atoms with Gasteiger partial charge in [-0.05, 0) is 35.9 Å². The topological polar surface area (TPSA) is 38.9 Å². The Bertz CT molecular complexity index is 753. The summed E-state index contributed by atoms with van der Waals surface area (Å²) in [6.45, 7) is 0. The molecule has 20 heavy (non-hydrogen) atoms. The van der Waals surface area contributed by atoms with E-state index in [4.69, 9.17) is 17.3 Å². The number of pyridine rings is 1. The van der Waals surface area contributed by atoms with Gasteiger partial charge >= 0.3 is 0 Å². The van der Waals surface area contributed by atoms with Gasteiger partial charge in [0.1, 0.15) is 0 Å². The Morgan fingerprint density at radius 2 is 1.95 bits per heavy atom. The lowest BCUT2D eigenvalue weighted by Crippen LogP contribution is -1.90. The van der Waals surface area contributed by atoms with E-state index in [1.165, 1.54) is 10.9 Å². The van der Waals surface area contributed by atoms with Crippen molar-refractivity contribution in [3.63, 3.8) is 0 Å². The summed E-state index contributed by atoms with van der Waals surface area (Å²) in [6.07, 6.45) is 1.85. The number of halogens is 1. The van der Waals surface area contributed by atoms with Gasteiger partial charge in [0.2, 0.25) is 0 Å². The summed E-state index contributed by atoms with van der Waals surface area (Å²) in [4.78, 5) is 5.39. The van der Waals surface area contributed by atoms with Gasteiger partial charge in [-0.1, -0.05) is 29.8 Å². The molecule has 2 aromatic carbocycles. The third kappa shape index (κ3) is 2.74. The van der Waals surface area contributed by atoms with Crippen molar-refractivity contribution in [1.29, 1.82) is 0 Å². The van der Waals surface area contributed by atoms with Gasteiger partial charge in [0.25, 0.3) is 0 Å². The number of nitrogens with two attached hydrogens (primary N) is 1. The molecule has 3 aromatic rings. The van der Waals surface area contributed by atoms with Crippen LogP contribution < -0.4 is 5.73 Å². The van der Waals surface area contributed by atoms with E-state index in [2.05, 4.69) is 17.1 Å². The fourth-order valence-electron chi connectivity index (χ4n) is 2.07.